The van der Waals surface area contributed by atoms with Gasteiger partial charge in [0, 0.05) is 23.7 Å². The summed E-state index contributed by atoms with van der Waals surface area (Å²) < 4.78 is 14.4. The average Bonchev–Trinajstić information content (AvgIpc) is 3.17. The minimum atomic E-state index is -3.06. The summed E-state index contributed by atoms with van der Waals surface area (Å²) in [5.74, 6) is 0. The summed E-state index contributed by atoms with van der Waals surface area (Å²) in [5.41, 5.74) is 5.95. The number of H-pyrrole nitrogens is 1. The van der Waals surface area contributed by atoms with E-state index < -0.39 is 43.6 Å². The molecule has 0 spiro atoms. The van der Waals surface area contributed by atoms with Gasteiger partial charge >= 0.3 is 5.69 Å². The highest BCUT2D eigenvalue weighted by Crippen LogP contribution is 2.43. The van der Waals surface area contributed by atoms with Gasteiger partial charge in [-0.05, 0) is 33.8 Å². The number of nitrogens with one attached hydrogen (secondary N) is 1. The third-order valence-corrected chi connectivity index (χ3v) is 12.5. The van der Waals surface area contributed by atoms with Crippen molar-refractivity contribution in [1.82, 2.24) is 9.55 Å². The van der Waals surface area contributed by atoms with E-state index in [1.54, 1.807) is 0 Å². The lowest BCUT2D eigenvalue weighted by molar-refractivity contribution is -0.130. The number of nitrogens with zero attached hydrogens (tertiary/aromatic N) is 4. The zero-order chi connectivity index (χ0) is 29.0. The second-order valence-electron chi connectivity index (χ2n) is 11.0. The predicted molar refractivity (Wildman–Crippen MR) is 153 cm³/mol. The second-order valence-corrected chi connectivity index (χ2v) is 15.3. The zero-order valence-electron chi connectivity index (χ0n) is 22.8. The van der Waals surface area contributed by atoms with Crippen LogP contribution in [0.5, 0.6) is 0 Å². The molecule has 0 aliphatic carbocycles. The summed E-state index contributed by atoms with van der Waals surface area (Å²) in [6.07, 6.45) is -2.48. The van der Waals surface area contributed by atoms with Crippen LogP contribution in [0.4, 0.5) is 0 Å². The lowest BCUT2D eigenvalue weighted by Gasteiger charge is -2.45. The fourth-order valence-electron chi connectivity index (χ4n) is 5.58. The summed E-state index contributed by atoms with van der Waals surface area (Å²) in [6, 6.07) is 21.1. The van der Waals surface area contributed by atoms with Crippen molar-refractivity contribution < 1.29 is 19.4 Å². The van der Waals surface area contributed by atoms with Gasteiger partial charge in [0.2, 0.25) is 0 Å². The zero-order valence-corrected chi connectivity index (χ0v) is 23.8. The number of aromatic amines is 1. The summed E-state index contributed by atoms with van der Waals surface area (Å²) in [5, 5.41) is 27.9. The lowest BCUT2D eigenvalue weighted by Crippen LogP contribution is -2.68. The first-order valence-corrected chi connectivity index (χ1v) is 15.1. The molecule has 3 N–H and O–H groups in total. The van der Waals surface area contributed by atoms with Gasteiger partial charge in [-0.1, -0.05) is 86.5 Å². The Kier molecular flexibility index (Phi) is 8.79. The van der Waals surface area contributed by atoms with Gasteiger partial charge in [0.15, 0.2) is 6.23 Å². The Morgan fingerprint density at radius 1 is 1.07 bits per heavy atom. The number of hydrogen-bond donors (Lipinski definition) is 3. The maximum atomic E-state index is 12.6. The maximum absolute atomic E-state index is 12.6. The number of azide groups is 1. The molecule has 0 bridgehead atoms. The van der Waals surface area contributed by atoms with Crippen LogP contribution in [-0.4, -0.2) is 59.0 Å². The van der Waals surface area contributed by atoms with Crippen LogP contribution >= 0.6 is 0 Å². The Hall–Kier alpha value is -3.51. The van der Waals surface area contributed by atoms with Gasteiger partial charge in [-0.3, -0.25) is 14.3 Å². The highest BCUT2D eigenvalue weighted by Gasteiger charge is 2.58. The van der Waals surface area contributed by atoms with Crippen LogP contribution in [0.2, 0.25) is 5.04 Å². The van der Waals surface area contributed by atoms with Gasteiger partial charge in [-0.2, -0.15) is 0 Å². The van der Waals surface area contributed by atoms with E-state index in [1.807, 2.05) is 60.7 Å². The molecular weight excluding hydrogens is 530 g/mol. The summed E-state index contributed by atoms with van der Waals surface area (Å²) >= 11 is 0. The van der Waals surface area contributed by atoms with Crippen molar-refractivity contribution >= 4 is 18.7 Å². The number of aliphatic hydroxyl groups excluding tert-OH is 2. The Morgan fingerprint density at radius 3 is 2.20 bits per heavy atom. The van der Waals surface area contributed by atoms with E-state index in [0.29, 0.717) is 6.42 Å². The smallest absolute Gasteiger partial charge is 0.330 e. The van der Waals surface area contributed by atoms with E-state index >= 15 is 0 Å². The molecule has 212 valence electrons. The summed E-state index contributed by atoms with van der Waals surface area (Å²) in [4.78, 5) is 29.2. The Balaban J connectivity index is 1.80. The molecule has 1 aromatic heterocycles. The fourth-order valence-corrected chi connectivity index (χ4v) is 10.2. The quantitative estimate of drug-likeness (QED) is 0.112. The first kappa shape index (κ1) is 29.5. The Bertz CT molecular complexity index is 1410. The second kappa shape index (κ2) is 11.9. The molecule has 40 heavy (non-hydrogen) atoms. The summed E-state index contributed by atoms with van der Waals surface area (Å²) in [6.45, 7) is 6.40. The van der Waals surface area contributed by atoms with Crippen LogP contribution in [0.25, 0.3) is 10.4 Å². The average molecular weight is 566 g/mol. The van der Waals surface area contributed by atoms with Gasteiger partial charge < -0.3 is 19.4 Å². The third kappa shape index (κ3) is 5.55. The van der Waals surface area contributed by atoms with E-state index in [1.165, 1.54) is 6.20 Å². The maximum Gasteiger partial charge on any atom is 0.330 e. The Labute approximate surface area is 232 Å². The van der Waals surface area contributed by atoms with Gasteiger partial charge in [0.05, 0.1) is 6.61 Å². The molecule has 0 unspecified atom stereocenters. The number of aromatic nitrogens is 2. The van der Waals surface area contributed by atoms with Crippen LogP contribution in [0.15, 0.2) is 87.6 Å². The first-order valence-electron chi connectivity index (χ1n) is 13.2. The number of aliphatic hydroxyl groups is 2. The van der Waals surface area contributed by atoms with Crippen LogP contribution in [-0.2, 0) is 9.16 Å². The molecule has 1 aliphatic heterocycles. The van der Waals surface area contributed by atoms with Crippen molar-refractivity contribution in [2.24, 2.45) is 5.11 Å². The van der Waals surface area contributed by atoms with E-state index in [4.69, 9.17) is 14.7 Å². The topological polar surface area (TPSA) is 163 Å². The third-order valence-electron chi connectivity index (χ3n) is 7.51. The van der Waals surface area contributed by atoms with Crippen LogP contribution < -0.4 is 21.6 Å². The van der Waals surface area contributed by atoms with Crippen molar-refractivity contribution in [3.8, 4) is 0 Å². The largest absolute Gasteiger partial charge is 0.404 e. The highest BCUT2D eigenvalue weighted by atomic mass is 28.4. The van der Waals surface area contributed by atoms with Gasteiger partial charge in [-0.15, -0.1) is 0 Å². The number of ether oxygens (including phenoxy) is 1. The molecule has 2 aromatic carbocycles. The van der Waals surface area contributed by atoms with Crippen molar-refractivity contribution in [2.45, 2.75) is 62.7 Å². The standard InChI is InChI=1S/C28H35N5O6Si/c1-27(2,3)40(20-11-6-4-7-12-20,21-13-8-5-9-14-21)38-19-28(16-10-17-30-32-29)24(36)23(35)25(39-28)33-18-15-22(34)31-26(33)37/h4-9,11-15,18,23-25,35-36H,10,16-17,19H2,1-3H3,(H,31,34,37)/t23-,24+,25-,28-/m1/s1. The molecule has 0 radical (unpaired) electrons. The molecule has 2 heterocycles. The van der Waals surface area contributed by atoms with Gasteiger partial charge in [-0.25, -0.2) is 4.79 Å². The van der Waals surface area contributed by atoms with E-state index in [9.17, 15) is 19.8 Å². The van der Waals surface area contributed by atoms with Crippen molar-refractivity contribution in [2.75, 3.05) is 13.2 Å². The molecule has 1 aliphatic rings. The first-order chi connectivity index (χ1) is 19.1. The highest BCUT2D eigenvalue weighted by molar-refractivity contribution is 6.99. The van der Waals surface area contributed by atoms with Gasteiger partial charge in [0.1, 0.15) is 17.8 Å². The van der Waals surface area contributed by atoms with Crippen LogP contribution in [0.1, 0.15) is 39.8 Å². The minimum absolute atomic E-state index is 0.108. The molecule has 1 fully saturated rings. The van der Waals surface area contributed by atoms with Crippen LogP contribution in [0, 0.1) is 0 Å². The van der Waals surface area contributed by atoms with Gasteiger partial charge in [0.25, 0.3) is 13.9 Å². The molecule has 4 rings (SSSR count). The SMILES string of the molecule is CC(C)(C)[Si](OC[C@@]1(CCCN=[N+]=[N-])O[C@@H](n2ccc(=O)[nH]c2=O)[C@H](O)[C@@H]1O)(c1ccccc1)c1ccccc1. The summed E-state index contributed by atoms with van der Waals surface area (Å²) in [7, 11) is -3.06. The number of benzene rings is 2. The van der Waals surface area contributed by atoms with E-state index in [-0.39, 0.29) is 24.6 Å². The molecule has 4 atom stereocenters. The van der Waals surface area contributed by atoms with Crippen molar-refractivity contribution in [3.05, 3.63) is 104 Å². The number of rotatable bonds is 10. The fraction of sp³-hybridized carbons (Fsp3) is 0.429. The van der Waals surface area contributed by atoms with E-state index in [0.717, 1.165) is 21.0 Å². The molecule has 3 aromatic rings. The van der Waals surface area contributed by atoms with Crippen molar-refractivity contribution in [1.29, 1.82) is 0 Å². The van der Waals surface area contributed by atoms with E-state index in [2.05, 4.69) is 35.8 Å². The number of hydrogen-bond acceptors (Lipinski definition) is 7. The van der Waals surface area contributed by atoms with Crippen LogP contribution in [0.3, 0.4) is 0 Å². The van der Waals surface area contributed by atoms with Crippen molar-refractivity contribution in [3.63, 3.8) is 0 Å². The molecular formula is C28H35N5O6Si. The monoisotopic (exact) mass is 565 g/mol. The normalized spacial score (nSPS) is 23.1. The predicted octanol–water partition coefficient (Wildman–Crippen LogP) is 2.19. The molecule has 0 amide bonds. The molecule has 0 saturated carbocycles. The minimum Gasteiger partial charge on any atom is -0.404 e. The molecule has 11 nitrogen and oxygen atoms in total. The molecule has 1 saturated heterocycles. The Morgan fingerprint density at radius 2 is 1.68 bits per heavy atom. The lowest BCUT2D eigenvalue weighted by atomic mass is 9.91. The molecule has 12 heteroatoms.